The minimum atomic E-state index is -0.954. The monoisotopic (exact) mass is 625 g/mol. The highest BCUT2D eigenvalue weighted by Gasteiger charge is 2.54. The third-order valence-corrected chi connectivity index (χ3v) is 9.72. The fourth-order valence-corrected chi connectivity index (χ4v) is 7.45. The Morgan fingerprint density at radius 3 is 1.98 bits per heavy atom. The van der Waals surface area contributed by atoms with Crippen LogP contribution in [0, 0.1) is 22.7 Å². The molecule has 5 rings (SSSR count). The third kappa shape index (κ3) is 6.13. The number of carbonyl (C=O) groups is 3. The number of hydrogen-bond donors (Lipinski definition) is 3. The van der Waals surface area contributed by atoms with E-state index in [9.17, 15) is 25.1 Å². The molecule has 0 radical (unpaired) electrons. The molecule has 46 heavy (non-hydrogen) atoms. The highest BCUT2D eigenvalue weighted by Crippen LogP contribution is 2.48. The van der Waals surface area contributed by atoms with Gasteiger partial charge < -0.3 is 25.3 Å². The van der Waals surface area contributed by atoms with Crippen LogP contribution in [0.1, 0.15) is 83.0 Å². The van der Waals surface area contributed by atoms with Gasteiger partial charge in [0.2, 0.25) is 5.91 Å². The standard InChI is InChI=1S/C36H47N7O3/c1-21(2)40-35(38)36(18-22(3)39-20-32(44)43-28(19-37)16-27-17-31(27)43)29-12-10-25(33(45)41(4)5)14-23(29)8-9-24-15-26(11-13-30(24)36)34(46)42(6)7/h10-15,21-22,27-28,31,39H,8-9,16-18,20H2,1-7H3,(H2,38,40)/t22-,27+,28-,31-/m0/s1. The number of aryl methyl sites for hydroxylation is 2. The zero-order valence-corrected chi connectivity index (χ0v) is 28.1. The second-order valence-electron chi connectivity index (χ2n) is 14.0. The van der Waals surface area contributed by atoms with E-state index < -0.39 is 5.41 Å². The average Bonchev–Trinajstić information content (AvgIpc) is 3.71. The molecule has 3 N–H and O–H groups in total. The number of carbonyl (C=O) groups excluding carboxylic acids is 3. The molecule has 0 spiro atoms. The molecule has 1 aliphatic heterocycles. The second kappa shape index (κ2) is 12.9. The first-order valence-corrected chi connectivity index (χ1v) is 16.3. The molecule has 0 bridgehead atoms. The summed E-state index contributed by atoms with van der Waals surface area (Å²) in [6.07, 6.45) is 3.47. The Labute approximate surface area is 272 Å². The number of likely N-dealkylation sites (tertiary alicyclic amines) is 1. The van der Waals surface area contributed by atoms with Gasteiger partial charge in [0.25, 0.3) is 11.8 Å². The van der Waals surface area contributed by atoms with Gasteiger partial charge in [0.15, 0.2) is 0 Å². The van der Waals surface area contributed by atoms with Crippen molar-refractivity contribution in [3.05, 3.63) is 69.8 Å². The van der Waals surface area contributed by atoms with Crippen molar-refractivity contribution < 1.29 is 14.4 Å². The van der Waals surface area contributed by atoms with Gasteiger partial charge in [-0.25, -0.2) is 0 Å². The van der Waals surface area contributed by atoms with Crippen LogP contribution in [0.15, 0.2) is 36.4 Å². The summed E-state index contributed by atoms with van der Waals surface area (Å²) in [7, 11) is 6.94. The van der Waals surface area contributed by atoms with Crippen LogP contribution in [0.5, 0.6) is 0 Å². The Morgan fingerprint density at radius 1 is 0.957 bits per heavy atom. The SMILES string of the molecule is CC(C)NC(=N)C1(C[C@H](C)NCC(=O)N2[C@H](C#N)C[C@@H]3C[C@@H]32)c2ccc(C(=O)N(C)C)cc2CCc2cc(C(=O)N(C)C)ccc21. The molecule has 3 aliphatic rings. The fraction of sp³-hybridized carbons (Fsp3) is 0.528. The molecule has 0 aromatic heterocycles. The zero-order valence-electron chi connectivity index (χ0n) is 28.1. The summed E-state index contributed by atoms with van der Waals surface area (Å²) < 4.78 is 0. The summed E-state index contributed by atoms with van der Waals surface area (Å²) in [5.41, 5.74) is 4.07. The number of piperidine rings is 1. The first-order chi connectivity index (χ1) is 21.8. The third-order valence-electron chi connectivity index (χ3n) is 9.72. The number of fused-ring (bicyclic) bond motifs is 3. The molecular weight excluding hydrogens is 578 g/mol. The van der Waals surface area contributed by atoms with Crippen LogP contribution in [-0.2, 0) is 23.1 Å². The van der Waals surface area contributed by atoms with E-state index in [1.165, 1.54) is 0 Å². The number of amidine groups is 1. The van der Waals surface area contributed by atoms with E-state index in [1.54, 1.807) is 42.9 Å². The number of nitrogens with zero attached hydrogens (tertiary/aromatic N) is 4. The molecule has 1 heterocycles. The number of amides is 3. The van der Waals surface area contributed by atoms with Crippen LogP contribution in [0.3, 0.4) is 0 Å². The van der Waals surface area contributed by atoms with Gasteiger partial charge in [-0.15, -0.1) is 0 Å². The summed E-state index contributed by atoms with van der Waals surface area (Å²) in [6, 6.07) is 13.5. The lowest BCUT2D eigenvalue weighted by Gasteiger charge is -2.40. The molecule has 4 atom stereocenters. The number of nitriles is 1. The van der Waals surface area contributed by atoms with Crippen LogP contribution in [-0.4, -0.2) is 97.2 Å². The van der Waals surface area contributed by atoms with E-state index in [0.29, 0.717) is 42.1 Å². The minimum Gasteiger partial charge on any atom is -0.371 e. The maximum atomic E-state index is 13.4. The first kappa shape index (κ1) is 33.1. The van der Waals surface area contributed by atoms with Gasteiger partial charge in [0.05, 0.1) is 18.0 Å². The molecule has 2 aliphatic carbocycles. The van der Waals surface area contributed by atoms with Gasteiger partial charge in [-0.2, -0.15) is 5.26 Å². The van der Waals surface area contributed by atoms with Gasteiger partial charge in [0, 0.05) is 57.4 Å². The molecule has 2 aromatic rings. The van der Waals surface area contributed by atoms with Crippen molar-refractivity contribution in [1.82, 2.24) is 25.3 Å². The quantitative estimate of drug-likeness (QED) is 0.289. The fourth-order valence-electron chi connectivity index (χ4n) is 7.45. The minimum absolute atomic E-state index is 0.0156. The van der Waals surface area contributed by atoms with Gasteiger partial charge in [0.1, 0.15) is 11.9 Å². The van der Waals surface area contributed by atoms with E-state index in [4.69, 9.17) is 0 Å². The Balaban J connectivity index is 1.58. The molecule has 0 unspecified atom stereocenters. The molecule has 10 heteroatoms. The smallest absolute Gasteiger partial charge is 0.253 e. The maximum absolute atomic E-state index is 13.4. The lowest BCUT2D eigenvalue weighted by atomic mass is 9.67. The molecule has 244 valence electrons. The average molecular weight is 626 g/mol. The lowest BCUT2D eigenvalue weighted by molar-refractivity contribution is -0.131. The Morgan fingerprint density at radius 2 is 1.50 bits per heavy atom. The lowest BCUT2D eigenvalue weighted by Crippen LogP contribution is -2.52. The van der Waals surface area contributed by atoms with Crippen molar-refractivity contribution in [3.63, 3.8) is 0 Å². The summed E-state index contributed by atoms with van der Waals surface area (Å²) in [4.78, 5) is 44.3. The van der Waals surface area contributed by atoms with E-state index >= 15 is 0 Å². The molecule has 2 aromatic carbocycles. The Kier molecular flexibility index (Phi) is 9.28. The van der Waals surface area contributed by atoms with Crippen LogP contribution < -0.4 is 10.6 Å². The number of rotatable bonds is 9. The molecule has 1 saturated carbocycles. The molecule has 10 nitrogen and oxygen atoms in total. The van der Waals surface area contributed by atoms with E-state index in [1.807, 2.05) is 57.2 Å². The van der Waals surface area contributed by atoms with Gasteiger partial charge in [-0.05, 0) is 105 Å². The van der Waals surface area contributed by atoms with Crippen molar-refractivity contribution in [2.24, 2.45) is 5.92 Å². The molecule has 1 saturated heterocycles. The van der Waals surface area contributed by atoms with Gasteiger partial charge >= 0.3 is 0 Å². The highest BCUT2D eigenvalue weighted by molar-refractivity contribution is 5.99. The van der Waals surface area contributed by atoms with Gasteiger partial charge in [-0.1, -0.05) is 12.1 Å². The highest BCUT2D eigenvalue weighted by atomic mass is 16.2. The largest absolute Gasteiger partial charge is 0.371 e. The normalized spacial score (nSPS) is 21.2. The summed E-state index contributed by atoms with van der Waals surface area (Å²) in [5, 5.41) is 26.1. The Hall–Kier alpha value is -4.23. The summed E-state index contributed by atoms with van der Waals surface area (Å²) in [5.74, 6) is 0.537. The maximum Gasteiger partial charge on any atom is 0.253 e. The summed E-state index contributed by atoms with van der Waals surface area (Å²) in [6.45, 7) is 6.15. The van der Waals surface area contributed by atoms with E-state index in [-0.39, 0.29) is 48.4 Å². The van der Waals surface area contributed by atoms with Crippen molar-refractivity contribution >= 4 is 23.6 Å². The predicted molar refractivity (Wildman–Crippen MR) is 178 cm³/mol. The number of benzene rings is 2. The molecule has 3 amide bonds. The number of nitrogens with one attached hydrogen (secondary N) is 3. The van der Waals surface area contributed by atoms with E-state index in [2.05, 4.69) is 16.7 Å². The van der Waals surface area contributed by atoms with Crippen molar-refractivity contribution in [2.45, 2.75) is 82.5 Å². The zero-order chi connectivity index (χ0) is 33.5. The Bertz CT molecular complexity index is 1520. The van der Waals surface area contributed by atoms with Crippen LogP contribution >= 0.6 is 0 Å². The van der Waals surface area contributed by atoms with Crippen LogP contribution in [0.25, 0.3) is 0 Å². The van der Waals surface area contributed by atoms with E-state index in [0.717, 1.165) is 35.1 Å². The van der Waals surface area contributed by atoms with Crippen LogP contribution in [0.2, 0.25) is 0 Å². The second-order valence-corrected chi connectivity index (χ2v) is 14.0. The van der Waals surface area contributed by atoms with Crippen LogP contribution in [0.4, 0.5) is 0 Å². The number of hydrogen-bond acceptors (Lipinski definition) is 6. The van der Waals surface area contributed by atoms with Crippen molar-refractivity contribution in [2.75, 3.05) is 34.7 Å². The molecular formula is C36H47N7O3. The summed E-state index contributed by atoms with van der Waals surface area (Å²) >= 11 is 0. The topological polar surface area (TPSA) is 133 Å². The van der Waals surface area contributed by atoms with Crippen molar-refractivity contribution in [3.8, 4) is 6.07 Å². The van der Waals surface area contributed by atoms with Crippen molar-refractivity contribution in [1.29, 1.82) is 10.7 Å². The van der Waals surface area contributed by atoms with Gasteiger partial charge in [-0.3, -0.25) is 19.8 Å². The predicted octanol–water partition coefficient (Wildman–Crippen LogP) is 3.33. The molecule has 2 fully saturated rings. The first-order valence-electron chi connectivity index (χ1n) is 16.3.